The van der Waals surface area contributed by atoms with Crippen molar-refractivity contribution in [2.45, 2.75) is 39.0 Å². The second-order valence-electron chi connectivity index (χ2n) is 4.83. The molecule has 0 saturated heterocycles. The fourth-order valence-corrected chi connectivity index (χ4v) is 1.63. The zero-order chi connectivity index (χ0) is 14.8. The number of benzene rings is 1. The van der Waals surface area contributed by atoms with Crippen LogP contribution in [0, 0.1) is 0 Å². The third kappa shape index (κ3) is 7.11. The van der Waals surface area contributed by atoms with Crippen LogP contribution >= 0.6 is 0 Å². The smallest absolute Gasteiger partial charge is 0.407 e. The highest BCUT2D eigenvalue weighted by molar-refractivity contribution is 5.67. The van der Waals surface area contributed by atoms with Crippen molar-refractivity contribution < 1.29 is 14.3 Å². The maximum atomic E-state index is 11.7. The minimum Gasteiger partial charge on any atom is -0.444 e. The van der Waals surface area contributed by atoms with E-state index in [-0.39, 0.29) is 12.2 Å². The van der Waals surface area contributed by atoms with Crippen LogP contribution in [-0.2, 0) is 16.0 Å². The molecule has 0 radical (unpaired) electrons. The average molecular weight is 280 g/mol. The van der Waals surface area contributed by atoms with Crippen molar-refractivity contribution in [2.24, 2.45) is 5.73 Å². The molecule has 1 atom stereocenters. The number of rotatable bonds is 8. The number of ether oxygens (including phenoxy) is 2. The van der Waals surface area contributed by atoms with Crippen LogP contribution in [0.5, 0.6) is 0 Å². The molecule has 3 N–H and O–H groups in total. The molecule has 0 aromatic heterocycles. The maximum absolute atomic E-state index is 11.7. The Hall–Kier alpha value is -1.59. The maximum Gasteiger partial charge on any atom is 0.407 e. The minimum absolute atomic E-state index is 0.103. The van der Waals surface area contributed by atoms with Gasteiger partial charge in [0.05, 0.1) is 12.7 Å². The molecule has 0 heterocycles. The molecule has 1 aromatic rings. The number of hydrogen-bond acceptors (Lipinski definition) is 4. The van der Waals surface area contributed by atoms with Crippen LogP contribution in [0.4, 0.5) is 4.79 Å². The summed E-state index contributed by atoms with van der Waals surface area (Å²) in [5.74, 6) is 0. The van der Waals surface area contributed by atoms with Crippen LogP contribution < -0.4 is 11.1 Å². The molecule has 1 rings (SSSR count). The Balaban J connectivity index is 2.33. The number of amides is 1. The summed E-state index contributed by atoms with van der Waals surface area (Å²) in [6.07, 6.45) is -0.0602. The second-order valence-corrected chi connectivity index (χ2v) is 4.83. The highest BCUT2D eigenvalue weighted by atomic mass is 16.6. The highest BCUT2D eigenvalue weighted by Crippen LogP contribution is 2.03. The SMILES string of the molecule is CC(C)OCC(CCN)OC(=O)NCc1ccccc1. The zero-order valence-electron chi connectivity index (χ0n) is 12.2. The van der Waals surface area contributed by atoms with Gasteiger partial charge >= 0.3 is 6.09 Å². The molecular formula is C15H24N2O3. The summed E-state index contributed by atoms with van der Waals surface area (Å²) in [5.41, 5.74) is 6.54. The summed E-state index contributed by atoms with van der Waals surface area (Å²) in [7, 11) is 0. The van der Waals surface area contributed by atoms with Gasteiger partial charge in [-0.25, -0.2) is 4.79 Å². The molecule has 1 unspecified atom stereocenters. The Morgan fingerprint density at radius 1 is 1.30 bits per heavy atom. The second kappa shape index (κ2) is 9.34. The average Bonchev–Trinajstić information content (AvgIpc) is 2.44. The van der Waals surface area contributed by atoms with Crippen LogP contribution in [0.15, 0.2) is 30.3 Å². The lowest BCUT2D eigenvalue weighted by Crippen LogP contribution is -2.33. The van der Waals surface area contributed by atoms with Gasteiger partial charge in [0.2, 0.25) is 0 Å². The van der Waals surface area contributed by atoms with Crippen LogP contribution in [0.2, 0.25) is 0 Å². The Morgan fingerprint density at radius 2 is 2.00 bits per heavy atom. The molecule has 112 valence electrons. The van der Waals surface area contributed by atoms with Crippen molar-refractivity contribution in [1.29, 1.82) is 0 Å². The van der Waals surface area contributed by atoms with Crippen molar-refractivity contribution in [3.8, 4) is 0 Å². The monoisotopic (exact) mass is 280 g/mol. The fraction of sp³-hybridized carbons (Fsp3) is 0.533. The first-order valence-corrected chi connectivity index (χ1v) is 6.92. The van der Waals surface area contributed by atoms with Crippen LogP contribution in [0.1, 0.15) is 25.8 Å². The quantitative estimate of drug-likeness (QED) is 0.764. The summed E-state index contributed by atoms with van der Waals surface area (Å²) in [5, 5.41) is 2.72. The molecular weight excluding hydrogens is 256 g/mol. The Kier molecular flexibility index (Phi) is 7.69. The van der Waals surface area contributed by atoms with E-state index in [9.17, 15) is 4.79 Å². The van der Waals surface area contributed by atoms with Gasteiger partial charge in [0.25, 0.3) is 0 Å². The van der Waals surface area contributed by atoms with Gasteiger partial charge in [0.15, 0.2) is 0 Å². The van der Waals surface area contributed by atoms with Crippen molar-refractivity contribution in [3.05, 3.63) is 35.9 Å². The molecule has 0 fully saturated rings. The lowest BCUT2D eigenvalue weighted by molar-refractivity contribution is -0.00679. The van der Waals surface area contributed by atoms with Crippen molar-refractivity contribution in [3.63, 3.8) is 0 Å². The number of nitrogens with two attached hydrogens (primary N) is 1. The van der Waals surface area contributed by atoms with Gasteiger partial charge in [0, 0.05) is 6.54 Å². The summed E-state index contributed by atoms with van der Waals surface area (Å²) in [6.45, 7) is 5.15. The van der Waals surface area contributed by atoms with Crippen LogP contribution in [-0.4, -0.2) is 31.5 Å². The molecule has 20 heavy (non-hydrogen) atoms. The first-order valence-electron chi connectivity index (χ1n) is 6.92. The molecule has 0 aliphatic carbocycles. The summed E-state index contributed by atoms with van der Waals surface area (Å²) >= 11 is 0. The third-order valence-electron chi connectivity index (χ3n) is 2.66. The Bertz CT molecular complexity index is 382. The first-order chi connectivity index (χ1) is 9.61. The topological polar surface area (TPSA) is 73.6 Å². The lowest BCUT2D eigenvalue weighted by Gasteiger charge is -2.19. The first kappa shape index (κ1) is 16.5. The largest absolute Gasteiger partial charge is 0.444 e. The van der Waals surface area contributed by atoms with Crippen molar-refractivity contribution in [1.82, 2.24) is 5.32 Å². The number of nitrogens with one attached hydrogen (secondary N) is 1. The Morgan fingerprint density at radius 3 is 2.60 bits per heavy atom. The number of carbonyl (C=O) groups excluding carboxylic acids is 1. The molecule has 0 bridgehead atoms. The molecule has 5 nitrogen and oxygen atoms in total. The predicted octanol–water partition coefficient (Wildman–Crippen LogP) is 2.06. The van der Waals surface area contributed by atoms with Crippen LogP contribution in [0.25, 0.3) is 0 Å². The van der Waals surface area contributed by atoms with E-state index in [1.807, 2.05) is 44.2 Å². The highest BCUT2D eigenvalue weighted by Gasteiger charge is 2.14. The number of carbonyl (C=O) groups is 1. The molecule has 1 amide bonds. The molecule has 0 aliphatic rings. The molecule has 0 saturated carbocycles. The number of hydrogen-bond donors (Lipinski definition) is 2. The van der Waals surface area contributed by atoms with Gasteiger partial charge in [-0.15, -0.1) is 0 Å². The Labute approximate surface area is 120 Å². The van der Waals surface area contributed by atoms with Gasteiger partial charge in [-0.05, 0) is 32.4 Å². The molecule has 0 spiro atoms. The standard InChI is InChI=1S/C15H24N2O3/c1-12(2)19-11-14(8-9-16)20-15(18)17-10-13-6-4-3-5-7-13/h3-7,12,14H,8-11,16H2,1-2H3,(H,17,18). The van der Waals surface area contributed by atoms with Gasteiger partial charge in [-0.1, -0.05) is 30.3 Å². The van der Waals surface area contributed by atoms with E-state index >= 15 is 0 Å². The normalized spacial score (nSPS) is 12.2. The van der Waals surface area contributed by atoms with E-state index < -0.39 is 6.09 Å². The van der Waals surface area contributed by atoms with E-state index in [0.717, 1.165) is 5.56 Å². The van der Waals surface area contributed by atoms with Crippen molar-refractivity contribution >= 4 is 6.09 Å². The molecule has 0 aliphatic heterocycles. The van der Waals surface area contributed by atoms with Gasteiger partial charge < -0.3 is 20.5 Å². The minimum atomic E-state index is -0.445. The van der Waals surface area contributed by atoms with E-state index in [2.05, 4.69) is 5.32 Å². The number of alkyl carbamates (subject to hydrolysis) is 1. The van der Waals surface area contributed by atoms with E-state index in [1.54, 1.807) is 0 Å². The summed E-state index contributed by atoms with van der Waals surface area (Å²) < 4.78 is 10.8. The van der Waals surface area contributed by atoms with Gasteiger partial charge in [0.1, 0.15) is 6.10 Å². The fourth-order valence-electron chi connectivity index (χ4n) is 1.63. The predicted molar refractivity (Wildman–Crippen MR) is 78.3 cm³/mol. The van der Waals surface area contributed by atoms with E-state index in [1.165, 1.54) is 0 Å². The third-order valence-corrected chi connectivity index (χ3v) is 2.66. The summed E-state index contributed by atoms with van der Waals surface area (Å²) in [6, 6.07) is 9.67. The molecule has 1 aromatic carbocycles. The van der Waals surface area contributed by atoms with Crippen molar-refractivity contribution in [2.75, 3.05) is 13.2 Å². The van der Waals surface area contributed by atoms with Crippen LogP contribution in [0.3, 0.4) is 0 Å². The zero-order valence-corrected chi connectivity index (χ0v) is 12.2. The van der Waals surface area contributed by atoms with E-state index in [4.69, 9.17) is 15.2 Å². The van der Waals surface area contributed by atoms with Gasteiger partial charge in [-0.2, -0.15) is 0 Å². The van der Waals surface area contributed by atoms with E-state index in [0.29, 0.717) is 26.1 Å². The summed E-state index contributed by atoms with van der Waals surface area (Å²) in [4.78, 5) is 11.7. The van der Waals surface area contributed by atoms with Gasteiger partial charge in [-0.3, -0.25) is 0 Å². The molecule has 5 heteroatoms. The lowest BCUT2D eigenvalue weighted by atomic mass is 10.2.